The molecule has 0 amide bonds. The van der Waals surface area contributed by atoms with Crippen LogP contribution >= 0.6 is 23.2 Å². The van der Waals surface area contributed by atoms with E-state index in [0.29, 0.717) is 22.1 Å². The smallest absolute Gasteiger partial charge is 0.242 e. The molecule has 0 spiro atoms. The lowest BCUT2D eigenvalue weighted by Crippen LogP contribution is -2.22. The Morgan fingerprint density at radius 2 is 1.89 bits per heavy atom. The first-order valence-corrected chi connectivity index (χ1v) is 11.0. The zero-order chi connectivity index (χ0) is 20.5. The van der Waals surface area contributed by atoms with Gasteiger partial charge in [-0.05, 0) is 42.8 Å². The van der Waals surface area contributed by atoms with E-state index in [1.807, 2.05) is 6.07 Å². The standard InChI is InChI=1S/C19H22Cl2N4O2S/c1-4-9-25-18-8-6-14(28(26,27)24(2)3)11-17(18)23-19(25)12-22-16-10-13(20)5-7-15(16)21/h5-8,10-11,22H,4,9,12H2,1-3H3. The number of nitrogens with one attached hydrogen (secondary N) is 1. The van der Waals surface area contributed by atoms with Crippen LogP contribution in [0, 0.1) is 0 Å². The van der Waals surface area contributed by atoms with E-state index in [1.165, 1.54) is 18.4 Å². The molecule has 3 aromatic rings. The average molecular weight is 441 g/mol. The number of halogens is 2. The Balaban J connectivity index is 1.99. The topological polar surface area (TPSA) is 67.2 Å². The van der Waals surface area contributed by atoms with Crippen LogP contribution < -0.4 is 5.32 Å². The van der Waals surface area contributed by atoms with Gasteiger partial charge in [0.1, 0.15) is 5.82 Å². The minimum absolute atomic E-state index is 0.226. The highest BCUT2D eigenvalue weighted by Crippen LogP contribution is 2.27. The molecule has 0 aliphatic carbocycles. The van der Waals surface area contributed by atoms with Crippen LogP contribution in [-0.2, 0) is 23.1 Å². The first kappa shape index (κ1) is 20.9. The molecule has 1 heterocycles. The van der Waals surface area contributed by atoms with E-state index in [9.17, 15) is 8.42 Å². The monoisotopic (exact) mass is 440 g/mol. The van der Waals surface area contributed by atoms with Gasteiger partial charge in [-0.15, -0.1) is 0 Å². The van der Waals surface area contributed by atoms with Gasteiger partial charge in [0, 0.05) is 25.7 Å². The summed E-state index contributed by atoms with van der Waals surface area (Å²) in [5.41, 5.74) is 2.26. The number of hydrogen-bond acceptors (Lipinski definition) is 4. The van der Waals surface area contributed by atoms with Crippen LogP contribution in [0.3, 0.4) is 0 Å². The minimum Gasteiger partial charge on any atom is -0.377 e. The molecule has 0 atom stereocenters. The molecular weight excluding hydrogens is 419 g/mol. The van der Waals surface area contributed by atoms with Crippen LogP contribution in [0.25, 0.3) is 11.0 Å². The fourth-order valence-corrected chi connectivity index (χ4v) is 4.22. The number of rotatable bonds is 7. The molecule has 1 aromatic heterocycles. The maximum Gasteiger partial charge on any atom is 0.242 e. The summed E-state index contributed by atoms with van der Waals surface area (Å²) in [7, 11) is -0.487. The number of sulfonamides is 1. The zero-order valence-corrected chi connectivity index (χ0v) is 18.2. The second kappa shape index (κ2) is 8.29. The molecule has 3 rings (SSSR count). The number of hydrogen-bond donors (Lipinski definition) is 1. The highest BCUT2D eigenvalue weighted by atomic mass is 35.5. The van der Waals surface area contributed by atoms with Crippen LogP contribution in [0.2, 0.25) is 10.0 Å². The van der Waals surface area contributed by atoms with Gasteiger partial charge < -0.3 is 9.88 Å². The van der Waals surface area contributed by atoms with E-state index in [0.717, 1.165) is 30.0 Å². The molecule has 28 heavy (non-hydrogen) atoms. The molecule has 0 saturated heterocycles. The zero-order valence-electron chi connectivity index (χ0n) is 15.9. The van der Waals surface area contributed by atoms with Gasteiger partial charge in [0.25, 0.3) is 0 Å². The van der Waals surface area contributed by atoms with Crippen molar-refractivity contribution in [3.63, 3.8) is 0 Å². The Kier molecular flexibility index (Phi) is 6.19. The summed E-state index contributed by atoms with van der Waals surface area (Å²) < 4.78 is 28.1. The predicted molar refractivity (Wildman–Crippen MR) is 115 cm³/mol. The summed E-state index contributed by atoms with van der Waals surface area (Å²) in [4.78, 5) is 4.90. The third kappa shape index (κ3) is 4.12. The number of fused-ring (bicyclic) bond motifs is 1. The first-order valence-electron chi connectivity index (χ1n) is 8.84. The molecule has 0 bridgehead atoms. The maximum absolute atomic E-state index is 12.4. The van der Waals surface area contributed by atoms with Gasteiger partial charge in [-0.3, -0.25) is 0 Å². The number of aromatic nitrogens is 2. The summed E-state index contributed by atoms with van der Waals surface area (Å²) in [5.74, 6) is 0.798. The van der Waals surface area contributed by atoms with Crippen molar-refractivity contribution in [3.8, 4) is 0 Å². The Labute approximate surface area is 175 Å². The molecule has 9 heteroatoms. The summed E-state index contributed by atoms with van der Waals surface area (Å²) >= 11 is 12.3. The summed E-state index contributed by atoms with van der Waals surface area (Å²) in [6.07, 6.45) is 0.925. The van der Waals surface area contributed by atoms with Gasteiger partial charge in [-0.2, -0.15) is 0 Å². The molecule has 0 saturated carbocycles. The number of benzene rings is 2. The van der Waals surface area contributed by atoms with E-state index in [-0.39, 0.29) is 4.90 Å². The number of nitrogens with zero attached hydrogens (tertiary/aromatic N) is 3. The number of imidazole rings is 1. The van der Waals surface area contributed by atoms with Gasteiger partial charge in [0.05, 0.1) is 33.2 Å². The fourth-order valence-electron chi connectivity index (χ4n) is 2.95. The van der Waals surface area contributed by atoms with Crippen molar-refractivity contribution >= 4 is 49.9 Å². The lowest BCUT2D eigenvalue weighted by molar-refractivity contribution is 0.521. The van der Waals surface area contributed by atoms with Crippen molar-refractivity contribution in [1.29, 1.82) is 0 Å². The van der Waals surface area contributed by atoms with Crippen LogP contribution in [0.4, 0.5) is 5.69 Å². The van der Waals surface area contributed by atoms with Crippen LogP contribution in [0.15, 0.2) is 41.3 Å². The molecule has 2 aromatic carbocycles. The lowest BCUT2D eigenvalue weighted by atomic mass is 10.3. The number of anilines is 1. The molecular formula is C19H22Cl2N4O2S. The van der Waals surface area contributed by atoms with Crippen molar-refractivity contribution in [3.05, 3.63) is 52.3 Å². The van der Waals surface area contributed by atoms with Crippen molar-refractivity contribution in [1.82, 2.24) is 13.9 Å². The molecule has 0 aliphatic heterocycles. The second-order valence-corrected chi connectivity index (χ2v) is 9.59. The van der Waals surface area contributed by atoms with Crippen molar-refractivity contribution in [2.24, 2.45) is 0 Å². The highest BCUT2D eigenvalue weighted by Gasteiger charge is 2.19. The molecule has 1 N–H and O–H groups in total. The van der Waals surface area contributed by atoms with E-state index in [1.54, 1.807) is 30.3 Å². The molecule has 0 unspecified atom stereocenters. The Morgan fingerprint density at radius 1 is 1.14 bits per heavy atom. The summed E-state index contributed by atoms with van der Waals surface area (Å²) in [6.45, 7) is 3.29. The minimum atomic E-state index is -3.51. The van der Waals surface area contributed by atoms with E-state index in [4.69, 9.17) is 23.2 Å². The molecule has 0 radical (unpaired) electrons. The largest absolute Gasteiger partial charge is 0.377 e. The SMILES string of the molecule is CCCn1c(CNc2cc(Cl)ccc2Cl)nc2cc(S(=O)(=O)N(C)C)ccc21. The van der Waals surface area contributed by atoms with Gasteiger partial charge >= 0.3 is 0 Å². The summed E-state index contributed by atoms with van der Waals surface area (Å²) in [6, 6.07) is 10.3. The van der Waals surface area contributed by atoms with Crippen LogP contribution in [0.1, 0.15) is 19.2 Å². The van der Waals surface area contributed by atoms with Crippen molar-refractivity contribution in [2.45, 2.75) is 31.3 Å². The average Bonchev–Trinajstić information content (AvgIpc) is 2.99. The van der Waals surface area contributed by atoms with Gasteiger partial charge in [0.15, 0.2) is 0 Å². The van der Waals surface area contributed by atoms with Crippen molar-refractivity contribution in [2.75, 3.05) is 19.4 Å². The van der Waals surface area contributed by atoms with Crippen LogP contribution in [0.5, 0.6) is 0 Å². The lowest BCUT2D eigenvalue weighted by Gasteiger charge is -2.12. The van der Waals surface area contributed by atoms with E-state index < -0.39 is 10.0 Å². The first-order chi connectivity index (χ1) is 13.2. The molecule has 6 nitrogen and oxygen atoms in total. The molecule has 0 aliphatic rings. The normalized spacial score (nSPS) is 12.1. The second-order valence-electron chi connectivity index (χ2n) is 6.60. The molecule has 150 valence electrons. The Bertz CT molecular complexity index is 1110. The third-order valence-corrected chi connectivity index (χ3v) is 6.77. The third-order valence-electron chi connectivity index (χ3n) is 4.39. The van der Waals surface area contributed by atoms with Gasteiger partial charge in [-0.25, -0.2) is 17.7 Å². The van der Waals surface area contributed by atoms with E-state index in [2.05, 4.69) is 21.8 Å². The highest BCUT2D eigenvalue weighted by molar-refractivity contribution is 7.89. The van der Waals surface area contributed by atoms with Crippen LogP contribution in [-0.4, -0.2) is 36.4 Å². The molecule has 0 fully saturated rings. The van der Waals surface area contributed by atoms with Gasteiger partial charge in [0.2, 0.25) is 10.0 Å². The summed E-state index contributed by atoms with van der Waals surface area (Å²) in [5, 5.41) is 4.43. The quantitative estimate of drug-likeness (QED) is 0.581. The van der Waals surface area contributed by atoms with Gasteiger partial charge in [-0.1, -0.05) is 30.1 Å². The van der Waals surface area contributed by atoms with Crippen molar-refractivity contribution < 1.29 is 8.42 Å². The predicted octanol–water partition coefficient (Wildman–Crippen LogP) is 4.62. The number of aryl methyl sites for hydroxylation is 1. The Morgan fingerprint density at radius 3 is 2.57 bits per heavy atom. The van der Waals surface area contributed by atoms with E-state index >= 15 is 0 Å². The maximum atomic E-state index is 12.4. The Hall–Kier alpha value is -1.80. The fraction of sp³-hybridized carbons (Fsp3) is 0.316.